The van der Waals surface area contributed by atoms with Crippen molar-refractivity contribution in [1.29, 1.82) is 0 Å². The van der Waals surface area contributed by atoms with Crippen LogP contribution in [0.1, 0.15) is 29.7 Å². The van der Waals surface area contributed by atoms with Gasteiger partial charge in [0.15, 0.2) is 11.5 Å². The van der Waals surface area contributed by atoms with Crippen molar-refractivity contribution in [3.05, 3.63) is 53.1 Å². The third-order valence-electron chi connectivity index (χ3n) is 4.76. The van der Waals surface area contributed by atoms with Gasteiger partial charge >= 0.3 is 0 Å². The molecule has 0 aliphatic carbocycles. The molecule has 0 spiro atoms. The van der Waals surface area contributed by atoms with E-state index in [1.54, 1.807) is 30.7 Å². The van der Waals surface area contributed by atoms with Gasteiger partial charge in [0.1, 0.15) is 0 Å². The summed E-state index contributed by atoms with van der Waals surface area (Å²) in [5.74, 6) is 1.28. The first kappa shape index (κ1) is 17.8. The molecule has 1 heterocycles. The highest BCUT2D eigenvalue weighted by Gasteiger charge is 2.34. The number of rotatable bonds is 4. The molecule has 0 radical (unpaired) electrons. The molecule has 1 aliphatic heterocycles. The van der Waals surface area contributed by atoms with Crippen LogP contribution < -0.4 is 9.47 Å². The fourth-order valence-corrected chi connectivity index (χ4v) is 4.91. The number of nitrogens with zero attached hydrogens (tertiary/aromatic N) is 1. The molecule has 0 saturated heterocycles. The van der Waals surface area contributed by atoms with E-state index in [9.17, 15) is 8.42 Å². The van der Waals surface area contributed by atoms with Gasteiger partial charge in [-0.2, -0.15) is 4.31 Å². The molecule has 0 amide bonds. The quantitative estimate of drug-likeness (QED) is 0.838. The third kappa shape index (κ3) is 3.12. The molecule has 5 nitrogen and oxygen atoms in total. The number of fused-ring (bicyclic) bond motifs is 1. The molecule has 0 bridgehead atoms. The second-order valence-corrected chi connectivity index (χ2v) is 8.15. The standard InChI is InChI=1S/C19H23NO4S/c1-13-5-7-16(8-6-13)25(21,22)20-10-9-15-11-18(23-3)19(24-4)12-17(15)14(20)2/h5-8,11-12,14H,9-10H2,1-4H3/t14-/m0/s1. The van der Waals surface area contributed by atoms with Crippen LogP contribution >= 0.6 is 0 Å². The lowest BCUT2D eigenvalue weighted by Crippen LogP contribution is -2.38. The van der Waals surface area contributed by atoms with Gasteiger partial charge in [-0.25, -0.2) is 8.42 Å². The minimum atomic E-state index is -3.54. The maximum Gasteiger partial charge on any atom is 0.243 e. The number of sulfonamides is 1. The van der Waals surface area contributed by atoms with Crippen molar-refractivity contribution in [2.24, 2.45) is 0 Å². The molecule has 3 rings (SSSR count). The highest BCUT2D eigenvalue weighted by molar-refractivity contribution is 7.89. The topological polar surface area (TPSA) is 55.8 Å². The summed E-state index contributed by atoms with van der Waals surface area (Å²) in [5.41, 5.74) is 3.09. The van der Waals surface area contributed by atoms with Crippen LogP contribution in [0.4, 0.5) is 0 Å². The van der Waals surface area contributed by atoms with Crippen molar-refractivity contribution >= 4 is 10.0 Å². The molecule has 0 unspecified atom stereocenters. The van der Waals surface area contributed by atoms with Gasteiger partial charge in [-0.1, -0.05) is 17.7 Å². The average Bonchev–Trinajstić information content (AvgIpc) is 2.61. The Kier molecular flexibility index (Phi) is 4.75. The van der Waals surface area contributed by atoms with Crippen molar-refractivity contribution in [3.63, 3.8) is 0 Å². The van der Waals surface area contributed by atoms with Gasteiger partial charge < -0.3 is 9.47 Å². The molecule has 1 atom stereocenters. The number of hydrogen-bond acceptors (Lipinski definition) is 4. The van der Waals surface area contributed by atoms with E-state index < -0.39 is 10.0 Å². The summed E-state index contributed by atoms with van der Waals surface area (Å²) in [6.07, 6.45) is 0.644. The van der Waals surface area contributed by atoms with Crippen LogP contribution in [-0.2, 0) is 16.4 Å². The van der Waals surface area contributed by atoms with Gasteiger partial charge in [0.25, 0.3) is 0 Å². The fourth-order valence-electron chi connectivity index (χ4n) is 3.30. The molecule has 0 fully saturated rings. The Bertz CT molecular complexity index is 875. The van der Waals surface area contributed by atoms with E-state index in [4.69, 9.17) is 9.47 Å². The lowest BCUT2D eigenvalue weighted by molar-refractivity contribution is 0.319. The first-order chi connectivity index (χ1) is 11.9. The smallest absolute Gasteiger partial charge is 0.243 e. The maximum atomic E-state index is 13.1. The van der Waals surface area contributed by atoms with E-state index in [0.29, 0.717) is 29.4 Å². The Balaban J connectivity index is 2.01. The molecule has 0 saturated carbocycles. The predicted octanol–water partition coefficient (Wildman–Crippen LogP) is 3.32. The number of hydrogen-bond donors (Lipinski definition) is 0. The highest BCUT2D eigenvalue weighted by Crippen LogP contribution is 2.39. The van der Waals surface area contributed by atoms with E-state index in [1.807, 2.05) is 38.1 Å². The summed E-state index contributed by atoms with van der Waals surface area (Å²) in [6.45, 7) is 4.30. The predicted molar refractivity (Wildman–Crippen MR) is 96.7 cm³/mol. The number of ether oxygens (including phenoxy) is 2. The van der Waals surface area contributed by atoms with Gasteiger partial charge in [0.2, 0.25) is 10.0 Å². The number of aryl methyl sites for hydroxylation is 1. The van der Waals surface area contributed by atoms with Gasteiger partial charge in [0, 0.05) is 12.6 Å². The SMILES string of the molecule is COc1cc2c(cc1OC)[C@H](C)N(S(=O)(=O)c1ccc(C)cc1)CC2. The first-order valence-corrected chi connectivity index (χ1v) is 9.65. The molecule has 0 aromatic heterocycles. The molecular formula is C19H23NO4S. The Morgan fingerprint density at radius 2 is 1.64 bits per heavy atom. The molecule has 1 aliphatic rings. The molecule has 0 N–H and O–H groups in total. The number of methoxy groups -OCH3 is 2. The number of benzene rings is 2. The summed E-state index contributed by atoms with van der Waals surface area (Å²) in [7, 11) is -0.361. The molecule has 134 valence electrons. The molecular weight excluding hydrogens is 338 g/mol. The van der Waals surface area contributed by atoms with E-state index in [-0.39, 0.29) is 6.04 Å². The summed E-state index contributed by atoms with van der Waals surface area (Å²) in [4.78, 5) is 0.328. The Morgan fingerprint density at radius 1 is 1.04 bits per heavy atom. The van der Waals surface area contributed by atoms with Crippen LogP contribution in [0.2, 0.25) is 0 Å². The van der Waals surface area contributed by atoms with Crippen molar-refractivity contribution in [1.82, 2.24) is 4.31 Å². The van der Waals surface area contributed by atoms with Crippen LogP contribution in [0.5, 0.6) is 11.5 Å². The second kappa shape index (κ2) is 6.69. The zero-order valence-corrected chi connectivity index (χ0v) is 15.8. The van der Waals surface area contributed by atoms with E-state index >= 15 is 0 Å². The van der Waals surface area contributed by atoms with Crippen LogP contribution in [0.15, 0.2) is 41.3 Å². The summed E-state index contributed by atoms with van der Waals surface area (Å²) in [6, 6.07) is 10.5. The Morgan fingerprint density at radius 3 is 2.24 bits per heavy atom. The molecule has 2 aromatic carbocycles. The third-order valence-corrected chi connectivity index (χ3v) is 6.74. The second-order valence-electron chi connectivity index (χ2n) is 6.26. The van der Waals surface area contributed by atoms with E-state index in [1.165, 1.54) is 0 Å². The van der Waals surface area contributed by atoms with Crippen LogP contribution in [-0.4, -0.2) is 33.5 Å². The van der Waals surface area contributed by atoms with Crippen molar-refractivity contribution in [3.8, 4) is 11.5 Å². The molecule has 2 aromatic rings. The van der Waals surface area contributed by atoms with E-state index in [2.05, 4.69) is 0 Å². The molecule has 25 heavy (non-hydrogen) atoms. The maximum absolute atomic E-state index is 13.1. The van der Waals surface area contributed by atoms with E-state index in [0.717, 1.165) is 16.7 Å². The highest BCUT2D eigenvalue weighted by atomic mass is 32.2. The fraction of sp³-hybridized carbons (Fsp3) is 0.368. The first-order valence-electron chi connectivity index (χ1n) is 8.21. The monoisotopic (exact) mass is 361 g/mol. The van der Waals surface area contributed by atoms with Gasteiger partial charge in [-0.3, -0.25) is 0 Å². The largest absolute Gasteiger partial charge is 0.493 e. The van der Waals surface area contributed by atoms with Crippen LogP contribution in [0.25, 0.3) is 0 Å². The molecule has 6 heteroatoms. The van der Waals surface area contributed by atoms with Crippen molar-refractivity contribution in [2.75, 3.05) is 20.8 Å². The van der Waals surface area contributed by atoms with Gasteiger partial charge in [-0.05, 0) is 55.7 Å². The summed E-state index contributed by atoms with van der Waals surface area (Å²) < 4.78 is 38.4. The Labute approximate surface area is 149 Å². The van der Waals surface area contributed by atoms with Crippen molar-refractivity contribution < 1.29 is 17.9 Å². The summed E-state index contributed by atoms with van der Waals surface area (Å²) in [5, 5.41) is 0. The zero-order chi connectivity index (χ0) is 18.2. The van der Waals surface area contributed by atoms with Gasteiger partial charge in [0.05, 0.1) is 19.1 Å². The zero-order valence-electron chi connectivity index (χ0n) is 14.9. The lowest BCUT2D eigenvalue weighted by atomic mass is 9.94. The van der Waals surface area contributed by atoms with Gasteiger partial charge in [-0.15, -0.1) is 0 Å². The van der Waals surface area contributed by atoms with Crippen molar-refractivity contribution in [2.45, 2.75) is 31.2 Å². The Hall–Kier alpha value is -2.05. The lowest BCUT2D eigenvalue weighted by Gasteiger charge is -2.34. The normalized spacial score (nSPS) is 17.8. The minimum absolute atomic E-state index is 0.269. The van der Waals surface area contributed by atoms with Crippen LogP contribution in [0.3, 0.4) is 0 Å². The average molecular weight is 361 g/mol. The summed E-state index contributed by atoms with van der Waals surface area (Å²) >= 11 is 0. The minimum Gasteiger partial charge on any atom is -0.493 e. The van der Waals surface area contributed by atoms with Crippen LogP contribution in [0, 0.1) is 6.92 Å².